The van der Waals surface area contributed by atoms with E-state index < -0.39 is 0 Å². The largest absolute Gasteiger partial charge is 0.507 e. The smallest absolute Gasteiger partial charge is 0.128 e. The summed E-state index contributed by atoms with van der Waals surface area (Å²) in [4.78, 5) is 0. The van der Waals surface area contributed by atoms with Crippen molar-refractivity contribution in [2.45, 2.75) is 29.9 Å². The third kappa shape index (κ3) is 2.80. The van der Waals surface area contributed by atoms with Gasteiger partial charge in [-0.05, 0) is 41.5 Å². The minimum absolute atomic E-state index is 0.266. The van der Waals surface area contributed by atoms with E-state index in [0.717, 1.165) is 27.8 Å². The van der Waals surface area contributed by atoms with E-state index in [1.165, 1.54) is 22.3 Å². The summed E-state index contributed by atoms with van der Waals surface area (Å²) >= 11 is 3.84. The zero-order valence-electron chi connectivity index (χ0n) is 13.9. The standard InChI is InChI=1S/C21H20OS2/c1-13-9-16-11-23-21(24-12-17(16)10-14(13)2)19-8-7-15-5-3-4-6-18(15)20(19)22/h3-10,21-22H,11-12H2,1-2H3. The van der Waals surface area contributed by atoms with E-state index in [2.05, 4.69) is 38.1 Å². The topological polar surface area (TPSA) is 20.2 Å². The van der Waals surface area contributed by atoms with Gasteiger partial charge in [0, 0.05) is 22.5 Å². The van der Waals surface area contributed by atoms with Crippen molar-refractivity contribution < 1.29 is 5.11 Å². The van der Waals surface area contributed by atoms with Crippen molar-refractivity contribution in [3.8, 4) is 5.75 Å². The number of hydrogen-bond donors (Lipinski definition) is 1. The lowest BCUT2D eigenvalue weighted by atomic mass is 10.0. The number of hydrogen-bond acceptors (Lipinski definition) is 3. The molecule has 1 nitrogen and oxygen atoms in total. The van der Waals surface area contributed by atoms with Gasteiger partial charge in [0.15, 0.2) is 0 Å². The van der Waals surface area contributed by atoms with Gasteiger partial charge in [-0.3, -0.25) is 0 Å². The number of rotatable bonds is 1. The van der Waals surface area contributed by atoms with Crippen molar-refractivity contribution in [2.75, 3.05) is 0 Å². The molecule has 0 fully saturated rings. The van der Waals surface area contributed by atoms with E-state index in [1.807, 2.05) is 47.8 Å². The van der Waals surface area contributed by atoms with Crippen LogP contribution in [0.5, 0.6) is 5.75 Å². The lowest BCUT2D eigenvalue weighted by Gasteiger charge is -2.16. The van der Waals surface area contributed by atoms with Gasteiger partial charge in [0.1, 0.15) is 5.75 Å². The molecular formula is C21H20OS2. The van der Waals surface area contributed by atoms with Crippen LogP contribution in [0.4, 0.5) is 0 Å². The molecular weight excluding hydrogens is 332 g/mol. The van der Waals surface area contributed by atoms with Gasteiger partial charge in [-0.2, -0.15) is 0 Å². The minimum atomic E-state index is 0.266. The Balaban J connectivity index is 1.68. The first-order valence-corrected chi connectivity index (χ1v) is 10.3. The Morgan fingerprint density at radius 1 is 0.875 bits per heavy atom. The highest BCUT2D eigenvalue weighted by Crippen LogP contribution is 2.50. The Labute approximate surface area is 151 Å². The van der Waals surface area contributed by atoms with E-state index >= 15 is 0 Å². The Morgan fingerprint density at radius 2 is 1.50 bits per heavy atom. The van der Waals surface area contributed by atoms with Crippen LogP contribution in [0, 0.1) is 13.8 Å². The predicted octanol–water partition coefficient (Wildman–Crippen LogP) is 6.34. The molecule has 122 valence electrons. The highest BCUT2D eigenvalue weighted by atomic mass is 32.2. The van der Waals surface area contributed by atoms with E-state index in [9.17, 15) is 5.11 Å². The quantitative estimate of drug-likeness (QED) is 0.552. The van der Waals surface area contributed by atoms with Gasteiger partial charge in [0.2, 0.25) is 0 Å². The fourth-order valence-corrected chi connectivity index (χ4v) is 5.96. The molecule has 3 heteroatoms. The highest BCUT2D eigenvalue weighted by molar-refractivity contribution is 8.15. The van der Waals surface area contributed by atoms with Crippen LogP contribution in [0.3, 0.4) is 0 Å². The lowest BCUT2D eigenvalue weighted by Crippen LogP contribution is -1.92. The van der Waals surface area contributed by atoms with Gasteiger partial charge in [0.25, 0.3) is 0 Å². The SMILES string of the molecule is Cc1cc2c(cc1C)CSC(c1ccc3ccccc3c1O)SC2. The van der Waals surface area contributed by atoms with Crippen LogP contribution < -0.4 is 0 Å². The van der Waals surface area contributed by atoms with Crippen molar-refractivity contribution >= 4 is 34.3 Å². The molecule has 24 heavy (non-hydrogen) atoms. The number of thioether (sulfide) groups is 2. The fourth-order valence-electron chi connectivity index (χ4n) is 3.23. The number of aromatic hydroxyl groups is 1. The van der Waals surface area contributed by atoms with Gasteiger partial charge in [-0.1, -0.05) is 48.5 Å². The third-order valence-electron chi connectivity index (χ3n) is 4.78. The molecule has 0 radical (unpaired) electrons. The van der Waals surface area contributed by atoms with Crippen molar-refractivity contribution in [2.24, 2.45) is 0 Å². The Kier molecular flexibility index (Phi) is 4.23. The monoisotopic (exact) mass is 352 g/mol. The molecule has 1 N–H and O–H groups in total. The summed E-state index contributed by atoms with van der Waals surface area (Å²) in [6.07, 6.45) is 0. The molecule has 1 aliphatic rings. The van der Waals surface area contributed by atoms with E-state index in [4.69, 9.17) is 0 Å². The molecule has 3 aromatic rings. The van der Waals surface area contributed by atoms with Crippen molar-refractivity contribution in [1.82, 2.24) is 0 Å². The Bertz CT molecular complexity index is 884. The van der Waals surface area contributed by atoms with Crippen LogP contribution in [0.15, 0.2) is 48.5 Å². The van der Waals surface area contributed by atoms with Crippen molar-refractivity contribution in [1.29, 1.82) is 0 Å². The number of aryl methyl sites for hydroxylation is 2. The maximum absolute atomic E-state index is 10.8. The molecule has 3 aromatic carbocycles. The van der Waals surface area contributed by atoms with Gasteiger partial charge in [-0.15, -0.1) is 23.5 Å². The number of benzene rings is 3. The fraction of sp³-hybridized carbons (Fsp3) is 0.238. The molecule has 0 amide bonds. The van der Waals surface area contributed by atoms with Gasteiger partial charge in [0.05, 0.1) is 4.58 Å². The summed E-state index contributed by atoms with van der Waals surface area (Å²) in [5.41, 5.74) is 6.67. The van der Waals surface area contributed by atoms with Gasteiger partial charge in [-0.25, -0.2) is 0 Å². The molecule has 0 spiro atoms. The average Bonchev–Trinajstić information content (AvgIpc) is 2.79. The molecule has 0 saturated carbocycles. The van der Waals surface area contributed by atoms with Crippen LogP contribution in [-0.4, -0.2) is 5.11 Å². The first-order valence-electron chi connectivity index (χ1n) is 8.16. The molecule has 0 bridgehead atoms. The summed E-state index contributed by atoms with van der Waals surface area (Å²) in [7, 11) is 0. The minimum Gasteiger partial charge on any atom is -0.507 e. The Hall–Kier alpha value is -1.58. The molecule has 4 rings (SSSR count). The normalized spacial score (nSPS) is 15.2. The molecule has 0 unspecified atom stereocenters. The Morgan fingerprint density at radius 3 is 2.17 bits per heavy atom. The van der Waals surface area contributed by atoms with Crippen LogP contribution in [0.2, 0.25) is 0 Å². The first-order chi connectivity index (χ1) is 11.6. The zero-order chi connectivity index (χ0) is 16.7. The van der Waals surface area contributed by atoms with E-state index in [1.54, 1.807) is 0 Å². The van der Waals surface area contributed by atoms with Crippen LogP contribution in [0.1, 0.15) is 32.4 Å². The second-order valence-corrected chi connectivity index (χ2v) is 8.87. The van der Waals surface area contributed by atoms with Gasteiger partial charge >= 0.3 is 0 Å². The number of phenolic OH excluding ortho intramolecular Hbond substituents is 1. The molecule has 0 aliphatic carbocycles. The summed E-state index contributed by atoms with van der Waals surface area (Å²) < 4.78 is 0.266. The highest BCUT2D eigenvalue weighted by Gasteiger charge is 2.22. The molecule has 1 aliphatic heterocycles. The number of fused-ring (bicyclic) bond motifs is 2. The summed E-state index contributed by atoms with van der Waals surface area (Å²) in [5.74, 6) is 2.44. The third-order valence-corrected chi connectivity index (χ3v) is 7.67. The second-order valence-electron chi connectivity index (χ2n) is 6.38. The van der Waals surface area contributed by atoms with Crippen LogP contribution in [0.25, 0.3) is 10.8 Å². The van der Waals surface area contributed by atoms with E-state index in [0.29, 0.717) is 5.75 Å². The van der Waals surface area contributed by atoms with Gasteiger partial charge < -0.3 is 5.11 Å². The summed E-state index contributed by atoms with van der Waals surface area (Å²) in [6, 6.07) is 16.9. The summed E-state index contributed by atoms with van der Waals surface area (Å²) in [6.45, 7) is 4.37. The number of phenols is 1. The second kappa shape index (κ2) is 6.38. The predicted molar refractivity (Wildman–Crippen MR) is 107 cm³/mol. The zero-order valence-corrected chi connectivity index (χ0v) is 15.5. The molecule has 0 aromatic heterocycles. The maximum Gasteiger partial charge on any atom is 0.128 e. The molecule has 0 saturated heterocycles. The van der Waals surface area contributed by atoms with Crippen molar-refractivity contribution in [3.05, 3.63) is 76.3 Å². The molecule has 0 atom stereocenters. The van der Waals surface area contributed by atoms with E-state index in [-0.39, 0.29) is 4.58 Å². The first kappa shape index (κ1) is 15.9. The average molecular weight is 353 g/mol. The van der Waals surface area contributed by atoms with Crippen LogP contribution in [-0.2, 0) is 11.5 Å². The van der Waals surface area contributed by atoms with Crippen LogP contribution >= 0.6 is 23.5 Å². The summed E-state index contributed by atoms with van der Waals surface area (Å²) in [5, 5.41) is 12.8. The van der Waals surface area contributed by atoms with Crippen molar-refractivity contribution in [3.63, 3.8) is 0 Å². The lowest BCUT2D eigenvalue weighted by molar-refractivity contribution is 0.477. The molecule has 1 heterocycles. The maximum atomic E-state index is 10.8.